The number of nitrogens with zero attached hydrogens (tertiary/aromatic N) is 2. The maximum Gasteiger partial charge on any atom is 0.329 e. The molecule has 8 nitrogen and oxygen atoms in total. The summed E-state index contributed by atoms with van der Waals surface area (Å²) in [6.07, 6.45) is 1.41. The van der Waals surface area contributed by atoms with E-state index in [2.05, 4.69) is 10.3 Å². The molecule has 1 aromatic heterocycles. The van der Waals surface area contributed by atoms with E-state index in [0.29, 0.717) is 35.4 Å². The van der Waals surface area contributed by atoms with E-state index in [-0.39, 0.29) is 5.91 Å². The van der Waals surface area contributed by atoms with Crippen LogP contribution in [0.1, 0.15) is 20.8 Å². The van der Waals surface area contributed by atoms with Gasteiger partial charge in [-0.05, 0) is 39.0 Å². The molecule has 2 heterocycles. The van der Waals surface area contributed by atoms with Crippen molar-refractivity contribution in [3.63, 3.8) is 0 Å². The topological polar surface area (TPSA) is 107 Å². The Balaban J connectivity index is 1.78. The fourth-order valence-corrected chi connectivity index (χ4v) is 2.53. The van der Waals surface area contributed by atoms with E-state index in [1.54, 1.807) is 44.2 Å². The Labute approximate surface area is 150 Å². The molecule has 3 rings (SSSR count). The zero-order chi connectivity index (χ0) is 18.9. The minimum Gasteiger partial charge on any atom is -0.492 e. The van der Waals surface area contributed by atoms with Crippen LogP contribution in [-0.4, -0.2) is 29.1 Å². The van der Waals surface area contributed by atoms with Crippen molar-refractivity contribution in [1.82, 2.24) is 10.3 Å². The molecule has 2 aromatic rings. The number of pyridine rings is 1. The number of urea groups is 1. The van der Waals surface area contributed by atoms with Gasteiger partial charge in [-0.1, -0.05) is 0 Å². The van der Waals surface area contributed by atoms with Gasteiger partial charge in [-0.2, -0.15) is 0 Å². The maximum absolute atomic E-state index is 12.3. The van der Waals surface area contributed by atoms with Gasteiger partial charge in [0.1, 0.15) is 17.0 Å². The molecule has 1 aliphatic rings. The lowest BCUT2D eigenvalue weighted by atomic mass is 10.1. The van der Waals surface area contributed by atoms with Gasteiger partial charge in [-0.25, -0.2) is 14.7 Å². The zero-order valence-corrected chi connectivity index (χ0v) is 14.8. The van der Waals surface area contributed by atoms with Crippen LogP contribution in [0.2, 0.25) is 0 Å². The standard InChI is InChI=1S/C18H20N4O4/c1-4-25-14-9-12(6-7-13(14)19)26-15-8-5-11(10-20-15)22-16(23)18(2,3)21-17(22)24/h5-10H,4,19H2,1-3H3,(H,21,24). The molecule has 1 fully saturated rings. The van der Waals surface area contributed by atoms with E-state index in [9.17, 15) is 9.59 Å². The van der Waals surface area contributed by atoms with Gasteiger partial charge in [0.2, 0.25) is 5.88 Å². The summed E-state index contributed by atoms with van der Waals surface area (Å²) in [5.74, 6) is 1.02. The van der Waals surface area contributed by atoms with E-state index >= 15 is 0 Å². The van der Waals surface area contributed by atoms with Crippen molar-refractivity contribution >= 4 is 23.3 Å². The van der Waals surface area contributed by atoms with Gasteiger partial charge in [-0.15, -0.1) is 0 Å². The molecule has 0 saturated carbocycles. The quantitative estimate of drug-likeness (QED) is 0.630. The third kappa shape index (κ3) is 3.26. The van der Waals surface area contributed by atoms with Gasteiger partial charge in [-0.3, -0.25) is 4.79 Å². The number of nitrogens with two attached hydrogens (primary N) is 1. The maximum atomic E-state index is 12.3. The minimum atomic E-state index is -0.939. The average Bonchev–Trinajstić information content (AvgIpc) is 2.79. The lowest BCUT2D eigenvalue weighted by Crippen LogP contribution is -2.40. The van der Waals surface area contributed by atoms with Crippen molar-refractivity contribution in [2.45, 2.75) is 26.3 Å². The number of imide groups is 1. The number of benzene rings is 1. The van der Waals surface area contributed by atoms with Crippen LogP contribution in [0.4, 0.5) is 16.2 Å². The Bertz CT molecular complexity index is 849. The second-order valence-electron chi connectivity index (χ2n) is 6.29. The van der Waals surface area contributed by atoms with Gasteiger partial charge in [0.05, 0.1) is 24.2 Å². The molecule has 0 aliphatic carbocycles. The van der Waals surface area contributed by atoms with E-state index in [1.807, 2.05) is 6.92 Å². The number of ether oxygens (including phenoxy) is 2. The molecule has 0 bridgehead atoms. The second kappa shape index (κ2) is 6.55. The Morgan fingerprint density at radius 2 is 2.00 bits per heavy atom. The Hall–Kier alpha value is -3.29. The van der Waals surface area contributed by atoms with Gasteiger partial charge in [0, 0.05) is 12.1 Å². The summed E-state index contributed by atoms with van der Waals surface area (Å²) >= 11 is 0. The van der Waals surface area contributed by atoms with Crippen molar-refractivity contribution < 1.29 is 19.1 Å². The van der Waals surface area contributed by atoms with Crippen molar-refractivity contribution in [2.24, 2.45) is 0 Å². The fourth-order valence-electron chi connectivity index (χ4n) is 2.53. The first-order valence-electron chi connectivity index (χ1n) is 8.15. The summed E-state index contributed by atoms with van der Waals surface area (Å²) in [6.45, 7) is 5.65. The molecule has 0 radical (unpaired) electrons. The number of nitrogens with one attached hydrogen (secondary N) is 1. The largest absolute Gasteiger partial charge is 0.492 e. The summed E-state index contributed by atoms with van der Waals surface area (Å²) < 4.78 is 11.1. The third-order valence-corrected chi connectivity index (χ3v) is 3.85. The molecule has 136 valence electrons. The number of hydrogen-bond donors (Lipinski definition) is 2. The first kappa shape index (κ1) is 17.5. The van der Waals surface area contributed by atoms with Gasteiger partial charge < -0.3 is 20.5 Å². The van der Waals surface area contributed by atoms with Crippen LogP contribution in [0.3, 0.4) is 0 Å². The van der Waals surface area contributed by atoms with Crippen LogP contribution < -0.4 is 25.4 Å². The Morgan fingerprint density at radius 1 is 1.23 bits per heavy atom. The first-order valence-corrected chi connectivity index (χ1v) is 8.15. The minimum absolute atomic E-state index is 0.312. The lowest BCUT2D eigenvalue weighted by molar-refractivity contribution is -0.121. The van der Waals surface area contributed by atoms with Crippen LogP contribution in [0, 0.1) is 0 Å². The Kier molecular flexibility index (Phi) is 4.41. The summed E-state index contributed by atoms with van der Waals surface area (Å²) in [7, 11) is 0. The molecule has 0 unspecified atom stereocenters. The number of nitrogen functional groups attached to an aromatic ring is 1. The number of carbonyl (C=O) groups is 2. The van der Waals surface area contributed by atoms with Gasteiger partial charge >= 0.3 is 6.03 Å². The van der Waals surface area contributed by atoms with E-state index in [0.717, 1.165) is 4.90 Å². The highest BCUT2D eigenvalue weighted by molar-refractivity contribution is 6.22. The average molecular weight is 356 g/mol. The molecular weight excluding hydrogens is 336 g/mol. The van der Waals surface area contributed by atoms with Crippen LogP contribution in [0.5, 0.6) is 17.4 Å². The molecule has 26 heavy (non-hydrogen) atoms. The lowest BCUT2D eigenvalue weighted by Gasteiger charge is -2.16. The number of anilines is 2. The normalized spacial score (nSPS) is 15.7. The van der Waals surface area contributed by atoms with Crippen LogP contribution >= 0.6 is 0 Å². The molecule has 8 heteroatoms. The Morgan fingerprint density at radius 3 is 2.58 bits per heavy atom. The molecule has 0 atom stereocenters. The molecule has 3 amide bonds. The molecule has 0 spiro atoms. The SMILES string of the molecule is CCOc1cc(Oc2ccc(N3C(=O)NC(C)(C)C3=O)cn2)ccc1N. The van der Waals surface area contributed by atoms with E-state index in [1.165, 1.54) is 6.20 Å². The summed E-state index contributed by atoms with van der Waals surface area (Å²) in [5, 5.41) is 2.62. The molecule has 1 aromatic carbocycles. The van der Waals surface area contributed by atoms with Crippen LogP contribution in [0.25, 0.3) is 0 Å². The highest BCUT2D eigenvalue weighted by atomic mass is 16.5. The summed E-state index contributed by atoms with van der Waals surface area (Å²) in [6, 6.07) is 7.77. The van der Waals surface area contributed by atoms with E-state index < -0.39 is 11.6 Å². The number of aromatic nitrogens is 1. The number of rotatable bonds is 5. The number of carbonyl (C=O) groups excluding carboxylic acids is 2. The van der Waals surface area contributed by atoms with Gasteiger partial charge in [0.25, 0.3) is 5.91 Å². The molecule has 1 saturated heterocycles. The number of amides is 3. The van der Waals surface area contributed by atoms with Crippen LogP contribution in [-0.2, 0) is 4.79 Å². The second-order valence-corrected chi connectivity index (χ2v) is 6.29. The van der Waals surface area contributed by atoms with Crippen LogP contribution in [0.15, 0.2) is 36.5 Å². The highest BCUT2D eigenvalue weighted by Crippen LogP contribution is 2.30. The summed E-state index contributed by atoms with van der Waals surface area (Å²) in [4.78, 5) is 29.5. The molecule has 1 aliphatic heterocycles. The molecular formula is C18H20N4O4. The fraction of sp³-hybridized carbons (Fsp3) is 0.278. The van der Waals surface area contributed by atoms with Gasteiger partial charge in [0.15, 0.2) is 0 Å². The van der Waals surface area contributed by atoms with Crippen molar-refractivity contribution in [1.29, 1.82) is 0 Å². The highest BCUT2D eigenvalue weighted by Gasteiger charge is 2.45. The van der Waals surface area contributed by atoms with Crippen molar-refractivity contribution in [3.8, 4) is 17.4 Å². The zero-order valence-electron chi connectivity index (χ0n) is 14.8. The first-order chi connectivity index (χ1) is 12.3. The third-order valence-electron chi connectivity index (χ3n) is 3.85. The number of hydrogen-bond acceptors (Lipinski definition) is 6. The molecule has 3 N–H and O–H groups in total. The predicted octanol–water partition coefficient (Wildman–Crippen LogP) is 2.69. The summed E-state index contributed by atoms with van der Waals surface area (Å²) in [5.41, 5.74) is 5.79. The smallest absolute Gasteiger partial charge is 0.329 e. The predicted molar refractivity (Wildman–Crippen MR) is 96.4 cm³/mol. The monoisotopic (exact) mass is 356 g/mol. The van der Waals surface area contributed by atoms with Crippen molar-refractivity contribution in [2.75, 3.05) is 17.2 Å². The van der Waals surface area contributed by atoms with E-state index in [4.69, 9.17) is 15.2 Å². The van der Waals surface area contributed by atoms with Crippen molar-refractivity contribution in [3.05, 3.63) is 36.5 Å².